The molecule has 1 aromatic heterocycles. The molecule has 1 aliphatic heterocycles. The Hall–Kier alpha value is -4.20. The largest absolute Gasteiger partial charge is 0.497 e. The number of hydrogen-bond donors (Lipinski definition) is 1. The van der Waals surface area contributed by atoms with E-state index in [9.17, 15) is 18.8 Å². The molecule has 0 spiro atoms. The predicted molar refractivity (Wildman–Crippen MR) is 120 cm³/mol. The van der Waals surface area contributed by atoms with Gasteiger partial charge in [0.1, 0.15) is 17.1 Å². The summed E-state index contributed by atoms with van der Waals surface area (Å²) in [6.07, 6.45) is 1.48. The number of rotatable bonds is 5. The summed E-state index contributed by atoms with van der Waals surface area (Å²) in [5, 5.41) is 2.24. The van der Waals surface area contributed by atoms with Crippen LogP contribution in [0.3, 0.4) is 0 Å². The lowest BCUT2D eigenvalue weighted by molar-refractivity contribution is -0.130. The quantitative estimate of drug-likeness (QED) is 0.475. The van der Waals surface area contributed by atoms with Crippen LogP contribution in [0.4, 0.5) is 9.18 Å². The fourth-order valence-corrected chi connectivity index (χ4v) is 3.83. The van der Waals surface area contributed by atoms with Gasteiger partial charge in [-0.05, 0) is 73.5 Å². The molecule has 7 nitrogen and oxygen atoms in total. The van der Waals surface area contributed by atoms with Crippen molar-refractivity contribution < 1.29 is 23.5 Å². The van der Waals surface area contributed by atoms with Gasteiger partial charge in [0.2, 0.25) is 0 Å². The number of ether oxygens (including phenoxy) is 1. The zero-order valence-electron chi connectivity index (χ0n) is 18.4. The third-order valence-electron chi connectivity index (χ3n) is 5.54. The van der Waals surface area contributed by atoms with E-state index < -0.39 is 17.8 Å². The molecule has 3 aromatic rings. The van der Waals surface area contributed by atoms with E-state index in [-0.39, 0.29) is 17.9 Å². The van der Waals surface area contributed by atoms with Crippen LogP contribution in [0.1, 0.15) is 22.5 Å². The number of nitrogens with zero attached hydrogens (tertiary/aromatic N) is 2. The van der Waals surface area contributed by atoms with E-state index in [4.69, 9.17) is 4.74 Å². The monoisotopic (exact) mass is 447 g/mol. The molecular weight excluding hydrogens is 425 g/mol. The number of hydrogen-bond acceptors (Lipinski definition) is 4. The van der Waals surface area contributed by atoms with E-state index in [0.29, 0.717) is 16.9 Å². The zero-order valence-corrected chi connectivity index (χ0v) is 18.4. The molecule has 1 N–H and O–H groups in total. The summed E-state index contributed by atoms with van der Waals surface area (Å²) in [5.41, 5.74) is 3.59. The minimum atomic E-state index is -0.769. The summed E-state index contributed by atoms with van der Waals surface area (Å²) >= 11 is 0. The van der Waals surface area contributed by atoms with Gasteiger partial charge >= 0.3 is 6.03 Å². The number of amides is 4. The van der Waals surface area contributed by atoms with Gasteiger partial charge in [0.05, 0.1) is 13.7 Å². The molecule has 4 amide bonds. The number of urea groups is 1. The standard InChI is InChI=1S/C25H22FN3O4/c1-15-12-18(16(2)29(15)20-8-6-19(26)7-9-20)13-22-23(30)27-25(32)28(24(22)31)14-17-4-10-21(33-3)11-5-17/h4-13H,14H2,1-3H3,(H,27,30,32)/b22-13-. The van der Waals surface area contributed by atoms with Crippen molar-refractivity contribution in [2.24, 2.45) is 0 Å². The maximum absolute atomic E-state index is 13.3. The molecule has 8 heteroatoms. The minimum Gasteiger partial charge on any atom is -0.497 e. The van der Waals surface area contributed by atoms with Crippen LogP contribution in [0, 0.1) is 19.7 Å². The molecule has 1 saturated heterocycles. The molecule has 0 atom stereocenters. The SMILES string of the molecule is COc1ccc(CN2C(=O)NC(=O)/C(=C/c3cc(C)n(-c4ccc(F)cc4)c3C)C2=O)cc1. The molecule has 0 saturated carbocycles. The van der Waals surface area contributed by atoms with Gasteiger partial charge in [-0.3, -0.25) is 19.8 Å². The minimum absolute atomic E-state index is 0.00782. The van der Waals surface area contributed by atoms with Crippen LogP contribution < -0.4 is 10.1 Å². The second-order valence-corrected chi connectivity index (χ2v) is 7.69. The second-order valence-electron chi connectivity index (χ2n) is 7.69. The van der Waals surface area contributed by atoms with Crippen LogP contribution in [0.5, 0.6) is 5.75 Å². The molecule has 168 valence electrons. The lowest BCUT2D eigenvalue weighted by Gasteiger charge is -2.26. The van der Waals surface area contributed by atoms with Crippen molar-refractivity contribution in [1.82, 2.24) is 14.8 Å². The van der Waals surface area contributed by atoms with Crippen LogP contribution in [0.2, 0.25) is 0 Å². The summed E-state index contributed by atoms with van der Waals surface area (Å²) < 4.78 is 20.4. The summed E-state index contributed by atoms with van der Waals surface area (Å²) in [6, 6.07) is 14.1. The Balaban J connectivity index is 1.66. The van der Waals surface area contributed by atoms with Crippen molar-refractivity contribution in [3.8, 4) is 11.4 Å². The van der Waals surface area contributed by atoms with Gasteiger partial charge in [0.15, 0.2) is 0 Å². The Labute approximate surface area is 190 Å². The van der Waals surface area contributed by atoms with Crippen LogP contribution in [-0.2, 0) is 16.1 Å². The molecule has 0 aliphatic carbocycles. The molecule has 0 unspecified atom stereocenters. The van der Waals surface area contributed by atoms with Crippen molar-refractivity contribution in [1.29, 1.82) is 0 Å². The first-order chi connectivity index (χ1) is 15.8. The van der Waals surface area contributed by atoms with Gasteiger partial charge in [-0.2, -0.15) is 0 Å². The Morgan fingerprint density at radius 1 is 1.00 bits per heavy atom. The second kappa shape index (κ2) is 8.74. The van der Waals surface area contributed by atoms with Gasteiger partial charge in [0, 0.05) is 17.1 Å². The first-order valence-electron chi connectivity index (χ1n) is 10.2. The number of benzene rings is 2. The number of carbonyl (C=O) groups is 3. The average molecular weight is 447 g/mol. The highest BCUT2D eigenvalue weighted by Gasteiger charge is 2.36. The van der Waals surface area contributed by atoms with Gasteiger partial charge in [-0.15, -0.1) is 0 Å². The van der Waals surface area contributed by atoms with E-state index in [2.05, 4.69) is 5.32 Å². The highest BCUT2D eigenvalue weighted by molar-refractivity contribution is 6.31. The molecule has 2 aromatic carbocycles. The summed E-state index contributed by atoms with van der Waals surface area (Å²) in [6.45, 7) is 3.72. The Bertz CT molecular complexity index is 1270. The molecule has 0 bridgehead atoms. The number of barbiturate groups is 1. The van der Waals surface area contributed by atoms with E-state index in [1.54, 1.807) is 43.5 Å². The molecular formula is C25H22FN3O4. The fraction of sp³-hybridized carbons (Fsp3) is 0.160. The molecule has 0 radical (unpaired) electrons. The Kier molecular flexibility index (Phi) is 5.83. The first kappa shape index (κ1) is 22.0. The zero-order chi connectivity index (χ0) is 23.7. The van der Waals surface area contributed by atoms with Crippen molar-refractivity contribution in [3.63, 3.8) is 0 Å². The van der Waals surface area contributed by atoms with Crippen LogP contribution in [0.15, 0.2) is 60.2 Å². The average Bonchev–Trinajstić information content (AvgIpc) is 3.08. The van der Waals surface area contributed by atoms with Crippen molar-refractivity contribution in [3.05, 3.63) is 88.5 Å². The Morgan fingerprint density at radius 3 is 2.30 bits per heavy atom. The lowest BCUT2D eigenvalue weighted by Crippen LogP contribution is -2.53. The van der Waals surface area contributed by atoms with Gasteiger partial charge in [-0.1, -0.05) is 12.1 Å². The number of aryl methyl sites for hydroxylation is 1. The smallest absolute Gasteiger partial charge is 0.331 e. The van der Waals surface area contributed by atoms with Crippen LogP contribution in [0.25, 0.3) is 11.8 Å². The number of imide groups is 2. The number of halogens is 1. The van der Waals surface area contributed by atoms with Crippen molar-refractivity contribution in [2.45, 2.75) is 20.4 Å². The molecule has 33 heavy (non-hydrogen) atoms. The van der Waals surface area contributed by atoms with Crippen LogP contribution in [-0.4, -0.2) is 34.4 Å². The highest BCUT2D eigenvalue weighted by Crippen LogP contribution is 2.25. The molecule has 1 aliphatic rings. The predicted octanol–water partition coefficient (Wildman–Crippen LogP) is 3.90. The van der Waals surface area contributed by atoms with Gasteiger partial charge in [0.25, 0.3) is 11.8 Å². The number of carbonyl (C=O) groups excluding carboxylic acids is 3. The summed E-state index contributed by atoms with van der Waals surface area (Å²) in [4.78, 5) is 38.9. The number of methoxy groups -OCH3 is 1. The summed E-state index contributed by atoms with van der Waals surface area (Å²) in [7, 11) is 1.55. The van der Waals surface area contributed by atoms with E-state index in [1.807, 2.05) is 24.5 Å². The Morgan fingerprint density at radius 2 is 1.67 bits per heavy atom. The van der Waals surface area contributed by atoms with E-state index >= 15 is 0 Å². The molecule has 2 heterocycles. The number of nitrogens with one attached hydrogen (secondary N) is 1. The van der Waals surface area contributed by atoms with E-state index in [1.165, 1.54) is 18.2 Å². The van der Waals surface area contributed by atoms with Crippen molar-refractivity contribution in [2.75, 3.05) is 7.11 Å². The summed E-state index contributed by atoms with van der Waals surface area (Å²) in [5.74, 6) is -1.11. The third-order valence-corrected chi connectivity index (χ3v) is 5.54. The lowest BCUT2D eigenvalue weighted by atomic mass is 10.1. The number of aromatic nitrogens is 1. The van der Waals surface area contributed by atoms with Gasteiger partial charge in [-0.25, -0.2) is 9.18 Å². The van der Waals surface area contributed by atoms with Gasteiger partial charge < -0.3 is 9.30 Å². The highest BCUT2D eigenvalue weighted by atomic mass is 19.1. The first-order valence-corrected chi connectivity index (χ1v) is 10.2. The fourth-order valence-electron chi connectivity index (χ4n) is 3.83. The molecule has 1 fully saturated rings. The van der Waals surface area contributed by atoms with Crippen LogP contribution >= 0.6 is 0 Å². The normalized spacial score (nSPS) is 15.2. The maximum atomic E-state index is 13.3. The maximum Gasteiger partial charge on any atom is 0.331 e. The molecule has 4 rings (SSSR count). The van der Waals surface area contributed by atoms with E-state index in [0.717, 1.165) is 22.0 Å². The topological polar surface area (TPSA) is 80.6 Å². The van der Waals surface area contributed by atoms with Crippen molar-refractivity contribution >= 4 is 23.9 Å². The third kappa shape index (κ3) is 4.27.